The zero-order valence-electron chi connectivity index (χ0n) is 29.4. The highest BCUT2D eigenvalue weighted by atomic mass is 16.6. The van der Waals surface area contributed by atoms with E-state index in [-0.39, 0.29) is 75.5 Å². The van der Waals surface area contributed by atoms with Gasteiger partial charge in [-0.1, -0.05) is 48.5 Å². The highest BCUT2D eigenvalue weighted by molar-refractivity contribution is 5.68. The maximum atomic E-state index is 12.9. The summed E-state index contributed by atoms with van der Waals surface area (Å²) >= 11 is 0. The van der Waals surface area contributed by atoms with Gasteiger partial charge in [-0.15, -0.1) is 0 Å². The van der Waals surface area contributed by atoms with Gasteiger partial charge < -0.3 is 29.1 Å². The van der Waals surface area contributed by atoms with Crippen LogP contribution in [-0.4, -0.2) is 84.8 Å². The van der Waals surface area contributed by atoms with E-state index < -0.39 is 6.10 Å². The van der Waals surface area contributed by atoms with Gasteiger partial charge in [0.25, 0.3) is 0 Å². The van der Waals surface area contributed by atoms with Crippen LogP contribution in [0.2, 0.25) is 0 Å². The maximum Gasteiger partial charge on any atom is 0.410 e. The molecule has 1 N–H and O–H groups in total. The average Bonchev–Trinajstić information content (AvgIpc) is 3.56. The van der Waals surface area contributed by atoms with Crippen molar-refractivity contribution in [3.05, 3.63) is 0 Å². The summed E-state index contributed by atoms with van der Waals surface area (Å²) in [6.07, 6.45) is 8.04. The van der Waals surface area contributed by atoms with Crippen LogP contribution in [0.25, 0.3) is 0 Å². The van der Waals surface area contributed by atoms with Crippen LogP contribution in [0.5, 0.6) is 0 Å². The topological polar surface area (TPSA) is 88.5 Å². The maximum absolute atomic E-state index is 12.9. The van der Waals surface area contributed by atoms with Gasteiger partial charge in [-0.2, -0.15) is 0 Å². The summed E-state index contributed by atoms with van der Waals surface area (Å²) in [7, 11) is 3.44. The van der Waals surface area contributed by atoms with Crippen molar-refractivity contribution in [1.29, 1.82) is 0 Å². The normalized spacial score (nSPS) is 49.7. The van der Waals surface area contributed by atoms with Crippen molar-refractivity contribution in [3.63, 3.8) is 0 Å². The zero-order valence-corrected chi connectivity index (χ0v) is 29.4. The van der Waals surface area contributed by atoms with Gasteiger partial charge in [-0.25, -0.2) is 9.59 Å². The second-order valence-electron chi connectivity index (χ2n) is 18.3. The number of rotatable bonds is 4. The Kier molecular flexibility index (Phi) is 7.28. The molecule has 2 heterocycles. The fourth-order valence-corrected chi connectivity index (χ4v) is 13.3. The van der Waals surface area contributed by atoms with E-state index in [9.17, 15) is 14.7 Å². The standard InChI is InChI=1S/C37H60N2O6/c1-21(2)28(45-31(41)38(8)9)23-19-22(3)27-29(43-23)30(40)35(7)25-12-11-24-33(4,5)26(44-32(42)39-17-10-18-39)13-14-36(24)20-37(25,36)16-15-34(27,35)6/h21-30,40H,10-20H2,1-9H3/t22-,23-,24+,25+,26+,27+,28-,29+,30+,34-,35-,36-,37+/m1/s1. The predicted molar refractivity (Wildman–Crippen MR) is 171 cm³/mol. The number of aliphatic hydroxyl groups excluding tert-OH is 1. The molecule has 13 atom stereocenters. The Labute approximate surface area is 271 Å². The summed E-state index contributed by atoms with van der Waals surface area (Å²) in [5.41, 5.74) is 0.234. The highest BCUT2D eigenvalue weighted by Gasteiger charge is 2.84. The van der Waals surface area contributed by atoms with E-state index in [4.69, 9.17) is 14.2 Å². The fraction of sp³-hybridized carbons (Fsp3) is 0.946. The first-order chi connectivity index (χ1) is 21.0. The largest absolute Gasteiger partial charge is 0.446 e. The highest BCUT2D eigenvalue weighted by Crippen LogP contribution is 2.89. The second-order valence-corrected chi connectivity index (χ2v) is 18.3. The molecule has 45 heavy (non-hydrogen) atoms. The van der Waals surface area contributed by atoms with Crippen LogP contribution in [0.4, 0.5) is 9.59 Å². The van der Waals surface area contributed by atoms with Crippen molar-refractivity contribution >= 4 is 12.2 Å². The first kappa shape index (κ1) is 32.0. The molecule has 0 aromatic heterocycles. The van der Waals surface area contributed by atoms with Gasteiger partial charge in [-0.05, 0) is 104 Å². The van der Waals surface area contributed by atoms with E-state index in [1.807, 2.05) is 4.90 Å². The third-order valence-electron chi connectivity index (χ3n) is 15.7. The monoisotopic (exact) mass is 628 g/mol. The minimum Gasteiger partial charge on any atom is -0.446 e. The lowest BCUT2D eigenvalue weighted by atomic mass is 9.41. The van der Waals surface area contributed by atoms with Crippen LogP contribution < -0.4 is 0 Å². The van der Waals surface area contributed by atoms with Crippen molar-refractivity contribution in [2.45, 2.75) is 137 Å². The summed E-state index contributed by atoms with van der Waals surface area (Å²) in [6, 6.07) is 0. The van der Waals surface area contributed by atoms with Crippen LogP contribution in [0.1, 0.15) is 106 Å². The van der Waals surface area contributed by atoms with E-state index in [0.29, 0.717) is 17.8 Å². The summed E-state index contributed by atoms with van der Waals surface area (Å²) in [4.78, 5) is 28.8. The molecule has 7 fully saturated rings. The van der Waals surface area contributed by atoms with Gasteiger partial charge in [0.15, 0.2) is 0 Å². The molecule has 7 rings (SSSR count). The number of likely N-dealkylation sites (tertiary alicyclic amines) is 1. The molecule has 7 aliphatic rings. The molecule has 0 radical (unpaired) electrons. The molecule has 2 aliphatic heterocycles. The molecule has 2 amide bonds. The molecule has 0 aromatic carbocycles. The van der Waals surface area contributed by atoms with Crippen molar-refractivity contribution in [3.8, 4) is 0 Å². The Hall–Kier alpha value is -1.54. The molecule has 2 saturated heterocycles. The smallest absolute Gasteiger partial charge is 0.410 e. The lowest BCUT2D eigenvalue weighted by Gasteiger charge is -2.63. The molecular formula is C37H60N2O6. The van der Waals surface area contributed by atoms with Gasteiger partial charge in [0.1, 0.15) is 12.2 Å². The van der Waals surface area contributed by atoms with Gasteiger partial charge in [-0.3, -0.25) is 0 Å². The number of ether oxygens (including phenoxy) is 3. The first-order valence-corrected chi connectivity index (χ1v) is 18.2. The molecular weight excluding hydrogens is 568 g/mol. The fourth-order valence-electron chi connectivity index (χ4n) is 13.3. The number of hydrogen-bond donors (Lipinski definition) is 1. The van der Waals surface area contributed by atoms with Crippen molar-refractivity contribution in [2.24, 2.45) is 56.7 Å². The number of nitrogens with zero attached hydrogens (tertiary/aromatic N) is 2. The number of fused-ring (bicyclic) bond motifs is 4. The molecule has 8 nitrogen and oxygen atoms in total. The Morgan fingerprint density at radius 1 is 0.978 bits per heavy atom. The van der Waals surface area contributed by atoms with Gasteiger partial charge in [0.05, 0.1) is 18.3 Å². The Balaban J connectivity index is 1.15. The SMILES string of the molecule is CC(C)[C@@H](OC(=O)N(C)C)[C@H]1C[C@@H](C)[C@H]2[C@H](O1)[C@H](O)[C@@]1(C)[C@@H]3CC[C@H]4C(C)(C)[C@@H](OC(=O)N5CCC5)CC[C@@]45C[C@@]35CC[C@]21C. The third kappa shape index (κ3) is 4.08. The summed E-state index contributed by atoms with van der Waals surface area (Å²) in [5, 5.41) is 12.6. The molecule has 0 bridgehead atoms. The minimum absolute atomic E-state index is 0.0128. The quantitative estimate of drug-likeness (QED) is 0.371. The molecule has 8 heteroatoms. The lowest BCUT2D eigenvalue weighted by molar-refractivity contribution is -0.185. The number of carbonyl (C=O) groups is 2. The van der Waals surface area contributed by atoms with Crippen LogP contribution in [-0.2, 0) is 14.2 Å². The Bertz CT molecular complexity index is 1220. The first-order valence-electron chi connectivity index (χ1n) is 18.2. The molecule has 0 unspecified atom stereocenters. The van der Waals surface area contributed by atoms with Crippen LogP contribution in [0, 0.1) is 56.7 Å². The van der Waals surface area contributed by atoms with E-state index >= 15 is 0 Å². The van der Waals surface area contributed by atoms with E-state index in [0.717, 1.165) is 58.0 Å². The minimum atomic E-state index is -0.548. The lowest BCUT2D eigenvalue weighted by Crippen LogP contribution is -2.60. The molecule has 254 valence electrons. The van der Waals surface area contributed by atoms with Crippen LogP contribution in [0.3, 0.4) is 0 Å². The molecule has 5 saturated carbocycles. The zero-order chi connectivity index (χ0) is 32.5. The van der Waals surface area contributed by atoms with Crippen molar-refractivity contribution in [2.75, 3.05) is 27.2 Å². The third-order valence-corrected chi connectivity index (χ3v) is 15.7. The average molecular weight is 629 g/mol. The number of hydrogen-bond acceptors (Lipinski definition) is 6. The summed E-state index contributed by atoms with van der Waals surface area (Å²) in [6.45, 7) is 17.9. The Morgan fingerprint density at radius 2 is 1.64 bits per heavy atom. The molecule has 5 aliphatic carbocycles. The summed E-state index contributed by atoms with van der Waals surface area (Å²) < 4.78 is 19.2. The van der Waals surface area contributed by atoms with E-state index in [1.165, 1.54) is 17.7 Å². The van der Waals surface area contributed by atoms with Crippen LogP contribution >= 0.6 is 0 Å². The predicted octanol–water partition coefficient (Wildman–Crippen LogP) is 6.73. The van der Waals surface area contributed by atoms with Gasteiger partial charge in [0, 0.05) is 38.0 Å². The number of amides is 2. The van der Waals surface area contributed by atoms with Crippen molar-refractivity contribution < 1.29 is 28.9 Å². The second kappa shape index (κ2) is 10.2. The number of aliphatic hydroxyl groups is 1. The molecule has 2 spiro atoms. The van der Waals surface area contributed by atoms with Gasteiger partial charge in [0.2, 0.25) is 0 Å². The number of carbonyl (C=O) groups excluding carboxylic acids is 2. The summed E-state index contributed by atoms with van der Waals surface area (Å²) in [5.74, 6) is 1.75. The van der Waals surface area contributed by atoms with Crippen LogP contribution in [0.15, 0.2) is 0 Å². The van der Waals surface area contributed by atoms with Crippen molar-refractivity contribution in [1.82, 2.24) is 9.80 Å². The van der Waals surface area contributed by atoms with Gasteiger partial charge >= 0.3 is 12.2 Å². The van der Waals surface area contributed by atoms with E-state index in [1.54, 1.807) is 14.1 Å². The van der Waals surface area contributed by atoms with E-state index in [2.05, 4.69) is 48.5 Å². The Morgan fingerprint density at radius 3 is 2.27 bits per heavy atom. The molecule has 0 aromatic rings.